The standard InChI is InChI=1S/C24H19N3O3.C17H12N2O3.Fe/c1-15-8-2-5-11-19(15)25-24(30)18-14-16-9-3-4-10-17(16)22(23(18)29)27-26-20-12-6-7-13-21(20)28;20-10-12-9-11-5-1-2-6-13(11)16(17(12)22)19-18-14-7-3-4-8-15(14)21;/h2-14,28-29H,1H3,(H,25,30);1-10,21-22H;. The first kappa shape index (κ1) is 37.4. The van der Waals surface area contributed by atoms with E-state index in [-0.39, 0.29) is 73.9 Å². The number of carbonyl (C=O) groups is 2. The molecular formula is C41H31FeN5O6. The Kier molecular flexibility index (Phi) is 11.9. The second kappa shape index (κ2) is 16.9. The first-order valence-corrected chi connectivity index (χ1v) is 16.0. The van der Waals surface area contributed by atoms with Crippen LogP contribution < -0.4 is 5.32 Å². The van der Waals surface area contributed by atoms with Gasteiger partial charge in [0, 0.05) is 33.5 Å². The Hall–Kier alpha value is -6.88. The molecule has 0 atom stereocenters. The maximum Gasteiger partial charge on any atom is 0.259 e. The summed E-state index contributed by atoms with van der Waals surface area (Å²) in [6, 6.07) is 38.1. The Morgan fingerprint density at radius 2 is 1.06 bits per heavy atom. The van der Waals surface area contributed by atoms with E-state index in [0.29, 0.717) is 22.7 Å². The van der Waals surface area contributed by atoms with Crippen LogP contribution >= 0.6 is 0 Å². The molecule has 1 amide bonds. The van der Waals surface area contributed by atoms with Crippen LogP contribution in [0.5, 0.6) is 23.0 Å². The number of anilines is 1. The Bertz CT molecular complexity index is 2520. The SMILES string of the molecule is Cc1ccccc1NC(=O)c1cc2ccccc2c(N=Nc2ccccc2O)c1O.O=Cc1cc2ccccc2c(N=Nc2ccccc2O)c1O.[Fe]. The van der Waals surface area contributed by atoms with Gasteiger partial charge < -0.3 is 25.7 Å². The molecule has 0 aliphatic heterocycles. The molecule has 0 radical (unpaired) electrons. The molecule has 0 spiro atoms. The third-order valence-electron chi connectivity index (χ3n) is 8.06. The Balaban J connectivity index is 0.000000210. The van der Waals surface area contributed by atoms with E-state index in [4.69, 9.17) is 0 Å². The number of phenols is 4. The molecule has 7 aromatic rings. The van der Waals surface area contributed by atoms with Crippen molar-refractivity contribution in [2.45, 2.75) is 6.92 Å². The largest absolute Gasteiger partial charge is 0.506 e. The number of benzene rings is 7. The quantitative estimate of drug-likeness (QED) is 0.0616. The maximum atomic E-state index is 12.9. The molecule has 0 bridgehead atoms. The van der Waals surface area contributed by atoms with E-state index < -0.39 is 5.91 Å². The van der Waals surface area contributed by atoms with Crippen LogP contribution in [0.2, 0.25) is 0 Å². The van der Waals surface area contributed by atoms with Gasteiger partial charge in [0.05, 0.1) is 11.1 Å². The van der Waals surface area contributed by atoms with Gasteiger partial charge >= 0.3 is 0 Å². The molecule has 0 heterocycles. The number of hydrogen-bond acceptors (Lipinski definition) is 10. The number of para-hydroxylation sites is 3. The summed E-state index contributed by atoms with van der Waals surface area (Å²) in [6.45, 7) is 1.89. The summed E-state index contributed by atoms with van der Waals surface area (Å²) < 4.78 is 0. The van der Waals surface area contributed by atoms with E-state index in [1.165, 1.54) is 12.1 Å². The van der Waals surface area contributed by atoms with Crippen molar-refractivity contribution < 1.29 is 47.1 Å². The van der Waals surface area contributed by atoms with Crippen LogP contribution in [0.25, 0.3) is 21.5 Å². The van der Waals surface area contributed by atoms with Crippen molar-refractivity contribution in [3.8, 4) is 23.0 Å². The zero-order valence-corrected chi connectivity index (χ0v) is 29.1. The molecule has 0 aromatic heterocycles. The molecule has 7 aromatic carbocycles. The molecule has 0 aliphatic carbocycles. The molecule has 5 N–H and O–H groups in total. The van der Waals surface area contributed by atoms with E-state index in [9.17, 15) is 30.0 Å². The van der Waals surface area contributed by atoms with Gasteiger partial charge in [-0.3, -0.25) is 9.59 Å². The number of amides is 1. The summed E-state index contributed by atoms with van der Waals surface area (Å²) in [4.78, 5) is 24.0. The van der Waals surface area contributed by atoms with Gasteiger partial charge in [-0.1, -0.05) is 91.0 Å². The normalized spacial score (nSPS) is 10.9. The zero-order chi connectivity index (χ0) is 36.6. The minimum atomic E-state index is -0.452. The number of azo groups is 2. The van der Waals surface area contributed by atoms with Gasteiger partial charge in [0.1, 0.15) is 34.2 Å². The summed E-state index contributed by atoms with van der Waals surface area (Å²) in [5.41, 5.74) is 2.69. The number of nitrogens with one attached hydrogen (secondary N) is 1. The summed E-state index contributed by atoms with van der Waals surface area (Å²) in [6.07, 6.45) is 0.570. The molecule has 0 aliphatic rings. The predicted octanol–water partition coefficient (Wildman–Crippen LogP) is 10.7. The molecule has 0 saturated carbocycles. The van der Waals surface area contributed by atoms with Crippen LogP contribution in [0.1, 0.15) is 26.3 Å². The van der Waals surface area contributed by atoms with Crippen molar-refractivity contribution in [1.29, 1.82) is 0 Å². The van der Waals surface area contributed by atoms with Crippen molar-refractivity contribution >= 4 is 62.2 Å². The van der Waals surface area contributed by atoms with Gasteiger partial charge in [-0.2, -0.15) is 0 Å². The predicted molar refractivity (Wildman–Crippen MR) is 200 cm³/mol. The average molecular weight is 746 g/mol. The van der Waals surface area contributed by atoms with Crippen LogP contribution in [0.15, 0.2) is 154 Å². The van der Waals surface area contributed by atoms with E-state index in [1.54, 1.807) is 72.8 Å². The van der Waals surface area contributed by atoms with Crippen LogP contribution in [-0.2, 0) is 17.1 Å². The second-order valence-corrected chi connectivity index (χ2v) is 11.5. The van der Waals surface area contributed by atoms with Crippen molar-refractivity contribution in [3.05, 3.63) is 150 Å². The number of hydrogen-bond donors (Lipinski definition) is 5. The van der Waals surface area contributed by atoms with Crippen molar-refractivity contribution in [3.63, 3.8) is 0 Å². The van der Waals surface area contributed by atoms with Crippen LogP contribution in [0.4, 0.5) is 28.4 Å². The number of phenolic OH excluding ortho intramolecular Hbond substituents is 4. The summed E-state index contributed by atoms with van der Waals surface area (Å²) in [5, 5.41) is 62.6. The third kappa shape index (κ3) is 8.37. The fourth-order valence-electron chi connectivity index (χ4n) is 5.33. The van der Waals surface area contributed by atoms with E-state index in [2.05, 4.69) is 25.8 Å². The van der Waals surface area contributed by atoms with Gasteiger partial charge in [0.25, 0.3) is 5.91 Å². The molecule has 0 saturated heterocycles. The minimum absolute atomic E-state index is 0. The number of aryl methyl sites for hydroxylation is 1. The molecule has 53 heavy (non-hydrogen) atoms. The van der Waals surface area contributed by atoms with Gasteiger partial charge in [-0.25, -0.2) is 0 Å². The molecule has 0 unspecified atom stereocenters. The van der Waals surface area contributed by atoms with E-state index in [0.717, 1.165) is 16.3 Å². The minimum Gasteiger partial charge on any atom is -0.506 e. The first-order valence-electron chi connectivity index (χ1n) is 16.0. The smallest absolute Gasteiger partial charge is 0.259 e. The van der Waals surface area contributed by atoms with Gasteiger partial charge in [0.2, 0.25) is 0 Å². The van der Waals surface area contributed by atoms with Crippen LogP contribution in [0.3, 0.4) is 0 Å². The summed E-state index contributed by atoms with van der Waals surface area (Å²) in [7, 11) is 0. The zero-order valence-electron chi connectivity index (χ0n) is 28.0. The molecule has 7 rings (SSSR count). The molecular weight excluding hydrogens is 714 g/mol. The number of rotatable bonds is 7. The Morgan fingerprint density at radius 1 is 0.585 bits per heavy atom. The van der Waals surface area contributed by atoms with E-state index >= 15 is 0 Å². The Morgan fingerprint density at radius 3 is 1.60 bits per heavy atom. The number of carbonyl (C=O) groups excluding carboxylic acids is 2. The fraction of sp³-hybridized carbons (Fsp3) is 0.0244. The van der Waals surface area contributed by atoms with E-state index in [1.807, 2.05) is 55.5 Å². The van der Waals surface area contributed by atoms with Crippen molar-refractivity contribution in [1.82, 2.24) is 0 Å². The average Bonchev–Trinajstić information content (AvgIpc) is 3.16. The Labute approximate surface area is 314 Å². The summed E-state index contributed by atoms with van der Waals surface area (Å²) in [5.74, 6) is -1.00. The number of aldehydes is 1. The van der Waals surface area contributed by atoms with Gasteiger partial charge in [-0.15, -0.1) is 20.5 Å². The van der Waals surface area contributed by atoms with Gasteiger partial charge in [-0.05, 0) is 65.7 Å². The molecule has 11 nitrogen and oxygen atoms in total. The number of nitrogens with zero attached hydrogens (tertiary/aromatic N) is 4. The van der Waals surface area contributed by atoms with Crippen molar-refractivity contribution in [2.24, 2.45) is 20.5 Å². The number of aromatic hydroxyl groups is 4. The third-order valence-corrected chi connectivity index (χ3v) is 8.06. The molecule has 264 valence electrons. The maximum absolute atomic E-state index is 12.9. The fourth-order valence-corrected chi connectivity index (χ4v) is 5.33. The van der Waals surface area contributed by atoms with Crippen molar-refractivity contribution in [2.75, 3.05) is 5.32 Å². The van der Waals surface area contributed by atoms with Gasteiger partial charge in [0.15, 0.2) is 17.8 Å². The topological polar surface area (TPSA) is 177 Å². The molecule has 12 heteroatoms. The molecule has 0 fully saturated rings. The number of fused-ring (bicyclic) bond motifs is 2. The first-order chi connectivity index (χ1) is 25.2. The van der Waals surface area contributed by atoms with Crippen LogP contribution in [-0.4, -0.2) is 32.6 Å². The second-order valence-electron chi connectivity index (χ2n) is 11.5. The van der Waals surface area contributed by atoms with Crippen LogP contribution in [0, 0.1) is 6.92 Å². The monoisotopic (exact) mass is 745 g/mol. The summed E-state index contributed by atoms with van der Waals surface area (Å²) >= 11 is 0.